The van der Waals surface area contributed by atoms with E-state index >= 15 is 0 Å². The van der Waals surface area contributed by atoms with Crippen LogP contribution in [0, 0.1) is 0 Å². The standard InChI is InChI=1S/C12H17BrN2O2/c13-10-7-9(1-2-12(10)17)11(8-16)15-5-3-14-4-6-15/h1-2,7,11,14,16-17H,3-6,8H2/t11-/m0/s1. The summed E-state index contributed by atoms with van der Waals surface area (Å²) < 4.78 is 0.670. The Hall–Kier alpha value is -0.620. The fourth-order valence-electron chi connectivity index (χ4n) is 2.16. The van der Waals surface area contributed by atoms with Crippen molar-refractivity contribution in [3.05, 3.63) is 28.2 Å². The Morgan fingerprint density at radius 3 is 2.65 bits per heavy atom. The van der Waals surface area contributed by atoms with Gasteiger partial charge < -0.3 is 15.5 Å². The Labute approximate surface area is 109 Å². The first-order chi connectivity index (χ1) is 8.22. The third kappa shape index (κ3) is 2.98. The van der Waals surface area contributed by atoms with E-state index in [9.17, 15) is 10.2 Å². The summed E-state index contributed by atoms with van der Waals surface area (Å²) in [6.45, 7) is 3.87. The molecule has 1 heterocycles. The van der Waals surface area contributed by atoms with Gasteiger partial charge in [0.15, 0.2) is 0 Å². The smallest absolute Gasteiger partial charge is 0.129 e. The highest BCUT2D eigenvalue weighted by Gasteiger charge is 2.21. The van der Waals surface area contributed by atoms with E-state index < -0.39 is 0 Å². The molecule has 0 bridgehead atoms. The van der Waals surface area contributed by atoms with Crippen molar-refractivity contribution in [3.8, 4) is 5.75 Å². The average Bonchev–Trinajstić information content (AvgIpc) is 2.36. The molecule has 0 saturated carbocycles. The molecule has 0 aliphatic carbocycles. The van der Waals surface area contributed by atoms with Crippen LogP contribution in [0.25, 0.3) is 0 Å². The maximum absolute atomic E-state index is 9.55. The second kappa shape index (κ2) is 5.82. The Kier molecular flexibility index (Phi) is 4.39. The number of halogens is 1. The third-order valence-electron chi connectivity index (χ3n) is 3.12. The second-order valence-electron chi connectivity index (χ2n) is 4.20. The predicted molar refractivity (Wildman–Crippen MR) is 70.1 cm³/mol. The summed E-state index contributed by atoms with van der Waals surface area (Å²) in [5.41, 5.74) is 1.03. The van der Waals surface area contributed by atoms with Gasteiger partial charge in [0.25, 0.3) is 0 Å². The van der Waals surface area contributed by atoms with Gasteiger partial charge in [-0.05, 0) is 33.6 Å². The van der Waals surface area contributed by atoms with Gasteiger partial charge in [-0.25, -0.2) is 0 Å². The lowest BCUT2D eigenvalue weighted by molar-refractivity contribution is 0.111. The zero-order valence-electron chi connectivity index (χ0n) is 9.56. The number of phenolic OH excluding ortho intramolecular Hbond substituents is 1. The van der Waals surface area contributed by atoms with Crippen molar-refractivity contribution in [3.63, 3.8) is 0 Å². The monoisotopic (exact) mass is 300 g/mol. The van der Waals surface area contributed by atoms with Gasteiger partial charge in [-0.15, -0.1) is 0 Å². The van der Waals surface area contributed by atoms with Gasteiger partial charge in [-0.3, -0.25) is 4.90 Å². The third-order valence-corrected chi connectivity index (χ3v) is 3.76. The van der Waals surface area contributed by atoms with Crippen molar-refractivity contribution in [1.29, 1.82) is 0 Å². The summed E-state index contributed by atoms with van der Waals surface area (Å²) in [7, 11) is 0. The molecule has 1 aromatic rings. The molecule has 1 aliphatic heterocycles. The molecule has 3 N–H and O–H groups in total. The highest BCUT2D eigenvalue weighted by molar-refractivity contribution is 9.10. The number of aliphatic hydroxyl groups excluding tert-OH is 1. The Bertz CT molecular complexity index is 381. The van der Waals surface area contributed by atoms with Crippen LogP contribution in [-0.4, -0.2) is 47.9 Å². The molecule has 0 radical (unpaired) electrons. The fraction of sp³-hybridized carbons (Fsp3) is 0.500. The molecule has 94 valence electrons. The van der Waals surface area contributed by atoms with E-state index in [1.165, 1.54) is 0 Å². The van der Waals surface area contributed by atoms with Gasteiger partial charge in [0.2, 0.25) is 0 Å². The van der Waals surface area contributed by atoms with E-state index in [1.54, 1.807) is 6.07 Å². The maximum Gasteiger partial charge on any atom is 0.129 e. The molecule has 0 amide bonds. The molecular formula is C12H17BrN2O2. The molecule has 1 saturated heterocycles. The number of piperazine rings is 1. The molecule has 4 nitrogen and oxygen atoms in total. The van der Waals surface area contributed by atoms with Gasteiger partial charge in [-0.2, -0.15) is 0 Å². The van der Waals surface area contributed by atoms with Gasteiger partial charge in [-0.1, -0.05) is 6.07 Å². The van der Waals surface area contributed by atoms with Crippen molar-refractivity contribution in [2.45, 2.75) is 6.04 Å². The topological polar surface area (TPSA) is 55.7 Å². The highest BCUT2D eigenvalue weighted by atomic mass is 79.9. The first-order valence-corrected chi connectivity index (χ1v) is 6.55. The number of rotatable bonds is 3. The average molecular weight is 301 g/mol. The number of hydrogen-bond donors (Lipinski definition) is 3. The van der Waals surface area contributed by atoms with Gasteiger partial charge >= 0.3 is 0 Å². The van der Waals surface area contributed by atoms with E-state index in [0.29, 0.717) is 4.47 Å². The normalized spacial score (nSPS) is 19.2. The molecule has 1 fully saturated rings. The molecule has 2 rings (SSSR count). The summed E-state index contributed by atoms with van der Waals surface area (Å²) >= 11 is 3.31. The minimum absolute atomic E-state index is 0.00833. The number of nitrogens with zero attached hydrogens (tertiary/aromatic N) is 1. The number of phenols is 1. The Balaban J connectivity index is 2.18. The Morgan fingerprint density at radius 1 is 1.35 bits per heavy atom. The zero-order chi connectivity index (χ0) is 12.3. The zero-order valence-corrected chi connectivity index (χ0v) is 11.2. The Morgan fingerprint density at radius 2 is 2.06 bits per heavy atom. The van der Waals surface area contributed by atoms with Crippen LogP contribution in [0.5, 0.6) is 5.75 Å². The SMILES string of the molecule is OC[C@@H](c1ccc(O)c(Br)c1)N1CCNCC1. The number of benzene rings is 1. The van der Waals surface area contributed by atoms with E-state index in [0.717, 1.165) is 31.7 Å². The minimum atomic E-state index is 0.00833. The van der Waals surface area contributed by atoms with Crippen LogP contribution in [0.4, 0.5) is 0 Å². The number of aliphatic hydroxyl groups is 1. The van der Waals surface area contributed by atoms with Crippen LogP contribution in [0.2, 0.25) is 0 Å². The fourth-order valence-corrected chi connectivity index (χ4v) is 2.55. The van der Waals surface area contributed by atoms with Gasteiger partial charge in [0, 0.05) is 26.2 Å². The largest absolute Gasteiger partial charge is 0.507 e. The summed E-state index contributed by atoms with van der Waals surface area (Å²) in [4.78, 5) is 2.26. The van der Waals surface area contributed by atoms with Crippen LogP contribution in [-0.2, 0) is 0 Å². The van der Waals surface area contributed by atoms with E-state index in [2.05, 4.69) is 26.1 Å². The molecular weight excluding hydrogens is 284 g/mol. The van der Waals surface area contributed by atoms with E-state index in [4.69, 9.17) is 0 Å². The van der Waals surface area contributed by atoms with Gasteiger partial charge in [0.05, 0.1) is 17.1 Å². The first kappa shape index (κ1) is 12.8. The number of aromatic hydroxyl groups is 1. The first-order valence-electron chi connectivity index (χ1n) is 5.76. The van der Waals surface area contributed by atoms with Crippen LogP contribution in [0.15, 0.2) is 22.7 Å². The molecule has 17 heavy (non-hydrogen) atoms. The predicted octanol–water partition coefficient (Wildman–Crippen LogP) is 1.09. The van der Waals surface area contributed by atoms with Crippen molar-refractivity contribution in [1.82, 2.24) is 10.2 Å². The quantitative estimate of drug-likeness (QED) is 0.782. The molecule has 5 heteroatoms. The molecule has 0 aromatic heterocycles. The molecule has 1 aromatic carbocycles. The second-order valence-corrected chi connectivity index (χ2v) is 5.05. The summed E-state index contributed by atoms with van der Waals surface area (Å²) in [6.07, 6.45) is 0. The lowest BCUT2D eigenvalue weighted by Crippen LogP contribution is -2.46. The van der Waals surface area contributed by atoms with E-state index in [1.807, 2.05) is 12.1 Å². The van der Waals surface area contributed by atoms with Crippen molar-refractivity contribution in [2.24, 2.45) is 0 Å². The van der Waals surface area contributed by atoms with Crippen LogP contribution >= 0.6 is 15.9 Å². The lowest BCUT2D eigenvalue weighted by Gasteiger charge is -2.34. The summed E-state index contributed by atoms with van der Waals surface area (Å²) in [6, 6.07) is 5.40. The van der Waals surface area contributed by atoms with E-state index in [-0.39, 0.29) is 18.4 Å². The van der Waals surface area contributed by atoms with Crippen LogP contribution < -0.4 is 5.32 Å². The molecule has 0 unspecified atom stereocenters. The lowest BCUT2D eigenvalue weighted by atomic mass is 10.1. The molecule has 0 spiro atoms. The molecule has 1 atom stereocenters. The maximum atomic E-state index is 9.55. The highest BCUT2D eigenvalue weighted by Crippen LogP contribution is 2.29. The van der Waals surface area contributed by atoms with Crippen LogP contribution in [0.1, 0.15) is 11.6 Å². The van der Waals surface area contributed by atoms with Crippen molar-refractivity contribution < 1.29 is 10.2 Å². The van der Waals surface area contributed by atoms with Gasteiger partial charge in [0.1, 0.15) is 5.75 Å². The molecule has 1 aliphatic rings. The minimum Gasteiger partial charge on any atom is -0.507 e. The summed E-state index contributed by atoms with van der Waals surface area (Å²) in [5, 5.41) is 22.3. The van der Waals surface area contributed by atoms with Crippen molar-refractivity contribution in [2.75, 3.05) is 32.8 Å². The van der Waals surface area contributed by atoms with Crippen LogP contribution in [0.3, 0.4) is 0 Å². The number of nitrogens with one attached hydrogen (secondary N) is 1. The number of hydrogen-bond acceptors (Lipinski definition) is 4. The summed E-state index contributed by atoms with van der Waals surface area (Å²) in [5.74, 6) is 0.228. The van der Waals surface area contributed by atoms with Crippen molar-refractivity contribution >= 4 is 15.9 Å².